The van der Waals surface area contributed by atoms with Crippen LogP contribution in [0.3, 0.4) is 0 Å². The molecule has 0 unspecified atom stereocenters. The van der Waals surface area contributed by atoms with Crippen LogP contribution in [-0.2, 0) is 0 Å². The van der Waals surface area contributed by atoms with Gasteiger partial charge >= 0.3 is 0 Å². The number of phenols is 3. The van der Waals surface area contributed by atoms with Crippen molar-refractivity contribution in [2.45, 2.75) is 20.8 Å². The molecular formula is C27H25NO4. The maximum Gasteiger partial charge on any atom is 0.169 e. The fourth-order valence-electron chi connectivity index (χ4n) is 3.61. The van der Waals surface area contributed by atoms with E-state index in [1.165, 1.54) is 0 Å². The first-order valence-corrected chi connectivity index (χ1v) is 10.3. The van der Waals surface area contributed by atoms with E-state index in [0.717, 1.165) is 33.8 Å². The molecule has 0 bridgehead atoms. The normalized spacial score (nSPS) is 10.7. The first-order valence-electron chi connectivity index (χ1n) is 10.3. The molecule has 4 aromatic rings. The molecule has 0 aromatic heterocycles. The van der Waals surface area contributed by atoms with Crippen molar-refractivity contribution >= 4 is 17.1 Å². The van der Waals surface area contributed by atoms with E-state index in [9.17, 15) is 15.3 Å². The predicted octanol–water partition coefficient (Wildman–Crippen LogP) is 6.99. The van der Waals surface area contributed by atoms with Crippen molar-refractivity contribution in [3.8, 4) is 28.7 Å². The van der Waals surface area contributed by atoms with Gasteiger partial charge in [-0.25, -0.2) is 0 Å². The highest BCUT2D eigenvalue weighted by molar-refractivity contribution is 5.82. The average Bonchev–Trinajstić information content (AvgIpc) is 2.78. The zero-order valence-electron chi connectivity index (χ0n) is 18.2. The van der Waals surface area contributed by atoms with E-state index in [0.29, 0.717) is 11.5 Å². The number of aromatic hydroxyl groups is 3. The van der Waals surface area contributed by atoms with E-state index in [1.54, 1.807) is 36.4 Å². The number of hydrogen-bond acceptors (Lipinski definition) is 5. The van der Waals surface area contributed by atoms with Crippen molar-refractivity contribution < 1.29 is 20.1 Å². The van der Waals surface area contributed by atoms with Crippen molar-refractivity contribution in [1.29, 1.82) is 0 Å². The molecule has 0 saturated heterocycles. The van der Waals surface area contributed by atoms with Crippen LogP contribution in [0.4, 0.5) is 17.1 Å². The molecular weight excluding hydrogens is 402 g/mol. The molecule has 4 aromatic carbocycles. The maximum absolute atomic E-state index is 10.3. The Morgan fingerprint density at radius 3 is 1.75 bits per heavy atom. The van der Waals surface area contributed by atoms with E-state index in [2.05, 4.69) is 0 Å². The summed E-state index contributed by atoms with van der Waals surface area (Å²) in [4.78, 5) is 1.98. The van der Waals surface area contributed by atoms with Gasteiger partial charge in [-0.15, -0.1) is 0 Å². The van der Waals surface area contributed by atoms with Gasteiger partial charge in [0.2, 0.25) is 0 Å². The van der Waals surface area contributed by atoms with Crippen molar-refractivity contribution in [2.75, 3.05) is 4.90 Å². The number of nitrogens with zero attached hydrogens (tertiary/aromatic N) is 1. The number of ether oxygens (including phenoxy) is 1. The fraction of sp³-hybridized carbons (Fsp3) is 0.111. The van der Waals surface area contributed by atoms with Gasteiger partial charge in [0.25, 0.3) is 0 Å². The molecule has 0 spiro atoms. The van der Waals surface area contributed by atoms with Crippen molar-refractivity contribution in [3.63, 3.8) is 0 Å². The van der Waals surface area contributed by atoms with Crippen LogP contribution in [0.15, 0.2) is 78.9 Å². The van der Waals surface area contributed by atoms with Crippen molar-refractivity contribution in [1.82, 2.24) is 0 Å². The molecule has 0 saturated carbocycles. The quantitative estimate of drug-likeness (QED) is 0.320. The molecule has 5 nitrogen and oxygen atoms in total. The lowest BCUT2D eigenvalue weighted by Crippen LogP contribution is -2.12. The van der Waals surface area contributed by atoms with Gasteiger partial charge < -0.3 is 25.0 Å². The molecule has 0 heterocycles. The molecule has 3 N–H and O–H groups in total. The first kappa shape index (κ1) is 21.1. The highest BCUT2D eigenvalue weighted by atomic mass is 16.5. The number of hydrogen-bond donors (Lipinski definition) is 3. The fourth-order valence-corrected chi connectivity index (χ4v) is 3.61. The maximum atomic E-state index is 10.3. The summed E-state index contributed by atoms with van der Waals surface area (Å²) >= 11 is 0. The average molecular weight is 428 g/mol. The molecule has 0 atom stereocenters. The Kier molecular flexibility index (Phi) is 5.65. The van der Waals surface area contributed by atoms with E-state index in [1.807, 2.05) is 68.1 Å². The number of rotatable bonds is 5. The minimum Gasteiger partial charge on any atom is -0.508 e. The largest absolute Gasteiger partial charge is 0.508 e. The molecule has 0 aliphatic rings. The Bertz CT molecular complexity index is 1210. The topological polar surface area (TPSA) is 73.2 Å². The second-order valence-corrected chi connectivity index (χ2v) is 7.75. The summed E-state index contributed by atoms with van der Waals surface area (Å²) in [5, 5.41) is 30.7. The Labute approximate surface area is 187 Å². The van der Waals surface area contributed by atoms with Gasteiger partial charge in [-0.2, -0.15) is 0 Å². The third-order valence-electron chi connectivity index (χ3n) is 5.47. The van der Waals surface area contributed by atoms with Gasteiger partial charge in [-0.1, -0.05) is 18.2 Å². The third kappa shape index (κ3) is 4.05. The monoisotopic (exact) mass is 427 g/mol. The SMILES string of the molecule is Cc1ccc(O)c(Oc2ccc(N(c3cccc(O)c3C)c3cccc(O)c3C)cc2)c1. The number of benzene rings is 4. The van der Waals surface area contributed by atoms with E-state index >= 15 is 0 Å². The van der Waals surface area contributed by atoms with Gasteiger partial charge in [0.05, 0.1) is 11.4 Å². The van der Waals surface area contributed by atoms with Crippen molar-refractivity contribution in [3.05, 3.63) is 95.6 Å². The third-order valence-corrected chi connectivity index (χ3v) is 5.47. The summed E-state index contributed by atoms with van der Waals surface area (Å²) in [6.07, 6.45) is 0. The van der Waals surface area contributed by atoms with Crippen LogP contribution in [0, 0.1) is 20.8 Å². The minimum absolute atomic E-state index is 0.0760. The van der Waals surface area contributed by atoms with Gasteiger partial charge in [-0.3, -0.25) is 0 Å². The van der Waals surface area contributed by atoms with Crippen molar-refractivity contribution in [2.24, 2.45) is 0 Å². The number of aryl methyl sites for hydroxylation is 1. The molecule has 5 heteroatoms. The van der Waals surface area contributed by atoms with Crippen LogP contribution in [0.2, 0.25) is 0 Å². The van der Waals surface area contributed by atoms with Crippen LogP contribution in [0.5, 0.6) is 28.7 Å². The Morgan fingerprint density at radius 1 is 0.625 bits per heavy atom. The van der Waals surface area contributed by atoms with Crippen LogP contribution in [0.1, 0.15) is 16.7 Å². The zero-order valence-corrected chi connectivity index (χ0v) is 18.2. The van der Waals surface area contributed by atoms with E-state index in [-0.39, 0.29) is 17.2 Å². The molecule has 4 rings (SSSR count). The summed E-state index contributed by atoms with van der Waals surface area (Å²) in [6, 6.07) is 23.4. The van der Waals surface area contributed by atoms with E-state index in [4.69, 9.17) is 4.74 Å². The van der Waals surface area contributed by atoms with Gasteiger partial charge in [0, 0.05) is 16.8 Å². The molecule has 0 aliphatic carbocycles. The summed E-state index contributed by atoms with van der Waals surface area (Å²) in [6.45, 7) is 5.64. The Hall–Kier alpha value is -4.12. The number of phenolic OH excluding ortho intramolecular Hbond substituents is 3. The van der Waals surface area contributed by atoms with Gasteiger partial charge in [-0.05, 0) is 87.0 Å². The minimum atomic E-state index is 0.0760. The van der Waals surface area contributed by atoms with Crippen LogP contribution in [0.25, 0.3) is 0 Å². The molecule has 0 amide bonds. The summed E-state index contributed by atoms with van der Waals surface area (Å²) in [7, 11) is 0. The smallest absolute Gasteiger partial charge is 0.169 e. The number of anilines is 3. The van der Waals surface area contributed by atoms with Crippen LogP contribution < -0.4 is 9.64 Å². The highest BCUT2D eigenvalue weighted by Crippen LogP contribution is 2.42. The Morgan fingerprint density at radius 2 is 1.19 bits per heavy atom. The zero-order chi connectivity index (χ0) is 22.8. The molecule has 0 fully saturated rings. The molecule has 0 aliphatic heterocycles. The summed E-state index contributed by atoms with van der Waals surface area (Å²) in [5.41, 5.74) is 4.85. The lowest BCUT2D eigenvalue weighted by Gasteiger charge is -2.29. The molecule has 0 radical (unpaired) electrons. The standard InChI is InChI=1S/C27H25NO4/c1-17-10-15-26(31)27(16-17)32-21-13-11-20(12-14-21)28(22-6-4-8-24(29)18(22)2)23-7-5-9-25(30)19(23)3/h4-16,29-31H,1-3H3. The second-order valence-electron chi connectivity index (χ2n) is 7.75. The second kappa shape index (κ2) is 8.55. The molecule has 32 heavy (non-hydrogen) atoms. The molecule has 162 valence electrons. The Balaban J connectivity index is 1.77. The van der Waals surface area contributed by atoms with Gasteiger partial charge in [0.1, 0.15) is 17.2 Å². The first-order chi connectivity index (χ1) is 15.3. The summed E-state index contributed by atoms with van der Waals surface area (Å²) in [5.74, 6) is 1.43. The van der Waals surface area contributed by atoms with Crippen LogP contribution in [-0.4, -0.2) is 15.3 Å². The van der Waals surface area contributed by atoms with Gasteiger partial charge in [0.15, 0.2) is 11.5 Å². The van der Waals surface area contributed by atoms with Crippen LogP contribution >= 0.6 is 0 Å². The highest BCUT2D eigenvalue weighted by Gasteiger charge is 2.19. The lowest BCUT2D eigenvalue weighted by atomic mass is 10.1. The summed E-state index contributed by atoms with van der Waals surface area (Å²) < 4.78 is 5.87. The predicted molar refractivity (Wildman–Crippen MR) is 127 cm³/mol. The van der Waals surface area contributed by atoms with E-state index < -0.39 is 0 Å². The lowest BCUT2D eigenvalue weighted by molar-refractivity contribution is 0.411.